The van der Waals surface area contributed by atoms with E-state index in [2.05, 4.69) is 0 Å². The van der Waals surface area contributed by atoms with Crippen LogP contribution < -0.4 is 0 Å². The van der Waals surface area contributed by atoms with Crippen molar-refractivity contribution >= 4 is 23.9 Å². The van der Waals surface area contributed by atoms with Crippen LogP contribution in [0.2, 0.25) is 0 Å². The average molecular weight is 416 g/mol. The number of methoxy groups -OCH3 is 2. The third kappa shape index (κ3) is 1.97. The van der Waals surface area contributed by atoms with Crippen LogP contribution in [0.15, 0.2) is 22.7 Å². The Morgan fingerprint density at radius 3 is 1.47 bits per heavy atom. The van der Waals surface area contributed by atoms with Crippen LogP contribution in [0.25, 0.3) is 0 Å². The zero-order chi connectivity index (χ0) is 21.3. The predicted molar refractivity (Wildman–Crippen MR) is 99.1 cm³/mol. The molecule has 8 nitrogen and oxygen atoms in total. The smallest absolute Gasteiger partial charge is 0.329 e. The van der Waals surface area contributed by atoms with E-state index in [1.165, 1.54) is 14.2 Å². The normalized spacial score (nSPS) is 36.9. The molecule has 0 atom stereocenters. The highest BCUT2D eigenvalue weighted by atomic mass is 16.6. The molecule has 160 valence electrons. The highest BCUT2D eigenvalue weighted by molar-refractivity contribution is 6.14. The molecule has 3 aliphatic carbocycles. The molecule has 8 heteroatoms. The van der Waals surface area contributed by atoms with Crippen molar-refractivity contribution in [3.8, 4) is 0 Å². The molecule has 0 aromatic heterocycles. The fourth-order valence-corrected chi connectivity index (χ4v) is 6.54. The van der Waals surface area contributed by atoms with Crippen LogP contribution in [-0.4, -0.2) is 38.1 Å². The number of hydrogen-bond acceptors (Lipinski definition) is 8. The minimum Gasteiger partial charge on any atom is -0.468 e. The maximum atomic E-state index is 13.4. The monoisotopic (exact) mass is 416 g/mol. The summed E-state index contributed by atoms with van der Waals surface area (Å²) < 4.78 is 21.6. The second kappa shape index (κ2) is 6.43. The van der Waals surface area contributed by atoms with Gasteiger partial charge in [0.05, 0.1) is 14.2 Å². The lowest BCUT2D eigenvalue weighted by molar-refractivity contribution is -0.238. The standard InChI is InChI=1S/C22H24O8/c1-27-17(23)21-15(11-7-3-5-9-13(11)29-19(21)25)22(18(24)28-2)16(21)12-8-4-6-10-14(12)30-20(22)26/h15-16H,3-10H2,1-2H3. The van der Waals surface area contributed by atoms with Gasteiger partial charge in [-0.1, -0.05) is 0 Å². The molecule has 0 amide bonds. The molecule has 0 unspecified atom stereocenters. The van der Waals surface area contributed by atoms with E-state index < -0.39 is 46.5 Å². The highest BCUT2D eigenvalue weighted by Gasteiger charge is 2.89. The molecule has 0 aromatic rings. The van der Waals surface area contributed by atoms with Crippen molar-refractivity contribution in [3.05, 3.63) is 22.7 Å². The van der Waals surface area contributed by atoms with Crippen LogP contribution in [0, 0.1) is 22.7 Å². The average Bonchev–Trinajstić information content (AvgIpc) is 2.74. The van der Waals surface area contributed by atoms with Crippen molar-refractivity contribution in [2.45, 2.75) is 51.4 Å². The number of ether oxygens (including phenoxy) is 4. The minimum atomic E-state index is -1.77. The number of carbonyl (C=O) groups is 4. The molecule has 0 bridgehead atoms. The number of fused-ring (bicyclic) bond motifs is 6. The lowest BCUT2D eigenvalue weighted by atomic mass is 9.33. The summed E-state index contributed by atoms with van der Waals surface area (Å²) in [5.74, 6) is -4.10. The molecule has 2 aliphatic heterocycles. The van der Waals surface area contributed by atoms with Gasteiger partial charge in [0.2, 0.25) is 0 Å². The van der Waals surface area contributed by atoms with Crippen LogP contribution in [0.5, 0.6) is 0 Å². The number of allylic oxidation sites excluding steroid dienone is 4. The van der Waals surface area contributed by atoms with Gasteiger partial charge in [0.25, 0.3) is 0 Å². The first-order valence-electron chi connectivity index (χ1n) is 10.5. The van der Waals surface area contributed by atoms with Crippen LogP contribution in [0.1, 0.15) is 51.4 Å². The molecule has 0 radical (unpaired) electrons. The lowest BCUT2D eigenvalue weighted by Crippen LogP contribution is -2.79. The van der Waals surface area contributed by atoms with Crippen LogP contribution >= 0.6 is 0 Å². The number of carbonyl (C=O) groups excluding carboxylic acids is 4. The van der Waals surface area contributed by atoms with Gasteiger partial charge >= 0.3 is 23.9 Å². The Kier molecular flexibility index (Phi) is 4.14. The van der Waals surface area contributed by atoms with E-state index in [4.69, 9.17) is 18.9 Å². The molecular weight excluding hydrogens is 392 g/mol. The number of esters is 4. The summed E-state index contributed by atoms with van der Waals surface area (Å²) >= 11 is 0. The van der Waals surface area contributed by atoms with E-state index in [0.29, 0.717) is 48.3 Å². The number of hydrogen-bond donors (Lipinski definition) is 0. The summed E-state index contributed by atoms with van der Waals surface area (Å²) in [6.45, 7) is 0. The Morgan fingerprint density at radius 1 is 0.733 bits per heavy atom. The van der Waals surface area contributed by atoms with Gasteiger partial charge in [-0.15, -0.1) is 0 Å². The molecule has 0 saturated heterocycles. The van der Waals surface area contributed by atoms with Gasteiger partial charge in [-0.3, -0.25) is 19.2 Å². The summed E-state index contributed by atoms with van der Waals surface area (Å²) in [7, 11) is 2.42. The topological polar surface area (TPSA) is 105 Å². The molecule has 30 heavy (non-hydrogen) atoms. The SMILES string of the molecule is COC(=O)C12C(=O)OC3=C(CCCC3)C1C1(C(=O)OC)C(=O)OC3=C(CCCC3)C21. The molecule has 5 rings (SSSR count). The molecule has 0 aromatic carbocycles. The molecule has 0 N–H and O–H groups in total. The third-order valence-electron chi connectivity index (χ3n) is 7.59. The zero-order valence-electron chi connectivity index (χ0n) is 17.1. The maximum absolute atomic E-state index is 13.4. The van der Waals surface area contributed by atoms with Crippen molar-refractivity contribution in [1.29, 1.82) is 0 Å². The lowest BCUT2D eigenvalue weighted by Gasteiger charge is -2.66. The van der Waals surface area contributed by atoms with Crippen molar-refractivity contribution in [2.24, 2.45) is 22.7 Å². The van der Waals surface area contributed by atoms with E-state index >= 15 is 0 Å². The molecule has 2 heterocycles. The first kappa shape index (κ1) is 19.3. The molecule has 1 fully saturated rings. The van der Waals surface area contributed by atoms with E-state index in [0.717, 1.165) is 25.7 Å². The summed E-state index contributed by atoms with van der Waals surface area (Å²) in [4.78, 5) is 53.4. The van der Waals surface area contributed by atoms with Gasteiger partial charge in [-0.05, 0) is 49.7 Å². The first-order valence-corrected chi connectivity index (χ1v) is 10.5. The Hall–Kier alpha value is -2.64. The minimum absolute atomic E-state index is 0.466. The zero-order valence-corrected chi connectivity index (χ0v) is 17.1. The van der Waals surface area contributed by atoms with Gasteiger partial charge in [-0.2, -0.15) is 0 Å². The maximum Gasteiger partial charge on any atom is 0.329 e. The van der Waals surface area contributed by atoms with Gasteiger partial charge in [0, 0.05) is 24.7 Å². The van der Waals surface area contributed by atoms with Crippen molar-refractivity contribution in [1.82, 2.24) is 0 Å². The Balaban J connectivity index is 1.83. The van der Waals surface area contributed by atoms with E-state index in [9.17, 15) is 19.2 Å². The largest absolute Gasteiger partial charge is 0.468 e. The Morgan fingerprint density at radius 2 is 1.10 bits per heavy atom. The molecule has 5 aliphatic rings. The van der Waals surface area contributed by atoms with Gasteiger partial charge in [0.15, 0.2) is 10.8 Å². The van der Waals surface area contributed by atoms with Crippen LogP contribution in [0.3, 0.4) is 0 Å². The van der Waals surface area contributed by atoms with E-state index in [1.807, 2.05) is 0 Å². The molecule has 1 saturated carbocycles. The molecule has 0 spiro atoms. The van der Waals surface area contributed by atoms with Crippen LogP contribution in [0.4, 0.5) is 0 Å². The van der Waals surface area contributed by atoms with Crippen LogP contribution in [-0.2, 0) is 38.1 Å². The fourth-order valence-electron chi connectivity index (χ4n) is 6.54. The van der Waals surface area contributed by atoms with Gasteiger partial charge in [0.1, 0.15) is 11.5 Å². The Bertz CT molecular complexity index is 855. The summed E-state index contributed by atoms with van der Waals surface area (Å²) in [6, 6.07) is 0. The quantitative estimate of drug-likeness (QED) is 0.384. The second-order valence-electron chi connectivity index (χ2n) is 8.68. The van der Waals surface area contributed by atoms with E-state index in [1.54, 1.807) is 0 Å². The second-order valence-corrected chi connectivity index (χ2v) is 8.68. The number of rotatable bonds is 2. The highest BCUT2D eigenvalue weighted by Crippen LogP contribution is 2.75. The van der Waals surface area contributed by atoms with Gasteiger partial charge < -0.3 is 18.9 Å². The fraction of sp³-hybridized carbons (Fsp3) is 0.636. The summed E-state index contributed by atoms with van der Waals surface area (Å²) in [6.07, 6.45) is 5.42. The summed E-state index contributed by atoms with van der Waals surface area (Å²) in [5, 5.41) is 0. The van der Waals surface area contributed by atoms with Crippen molar-refractivity contribution in [2.75, 3.05) is 14.2 Å². The summed E-state index contributed by atoms with van der Waals surface area (Å²) in [5.41, 5.74) is -2.19. The third-order valence-corrected chi connectivity index (χ3v) is 7.59. The molecular formula is C22H24O8. The van der Waals surface area contributed by atoms with Crippen molar-refractivity contribution in [3.63, 3.8) is 0 Å². The predicted octanol–water partition coefficient (Wildman–Crippen LogP) is 2.32. The van der Waals surface area contributed by atoms with Crippen molar-refractivity contribution < 1.29 is 38.1 Å². The first-order chi connectivity index (χ1) is 14.4. The van der Waals surface area contributed by atoms with E-state index in [-0.39, 0.29) is 0 Å². The Labute approximate surface area is 173 Å². The van der Waals surface area contributed by atoms with Gasteiger partial charge in [-0.25, -0.2) is 0 Å².